The van der Waals surface area contributed by atoms with Crippen molar-refractivity contribution in [2.24, 2.45) is 0 Å². The van der Waals surface area contributed by atoms with E-state index in [2.05, 4.69) is 57.2 Å². The van der Waals surface area contributed by atoms with Gasteiger partial charge in [-0.15, -0.1) is 0 Å². The van der Waals surface area contributed by atoms with Gasteiger partial charge in [0.05, 0.1) is 0 Å². The van der Waals surface area contributed by atoms with Gasteiger partial charge in [0.2, 0.25) is 0 Å². The number of aryl methyl sites for hydroxylation is 3. The van der Waals surface area contributed by atoms with Crippen molar-refractivity contribution in [3.63, 3.8) is 0 Å². The molecule has 0 aromatic heterocycles. The second kappa shape index (κ2) is 10.3. The van der Waals surface area contributed by atoms with E-state index in [-0.39, 0.29) is 6.10 Å². The third kappa shape index (κ3) is 11.2. The number of hydrogen-bond acceptors (Lipinski definition) is 1. The third-order valence-electron chi connectivity index (χ3n) is 2.37. The SMILES string of the molecule is CC(C)O.Cc1ccccc1.Cc1ccccc1C. The Morgan fingerprint density at radius 2 is 1.00 bits per heavy atom. The van der Waals surface area contributed by atoms with Crippen LogP contribution in [0, 0.1) is 20.8 Å². The molecule has 0 aliphatic heterocycles. The summed E-state index contributed by atoms with van der Waals surface area (Å²) in [5, 5.41) is 8.06. The largest absolute Gasteiger partial charge is 0.394 e. The predicted molar refractivity (Wildman–Crippen MR) is 84.4 cm³/mol. The van der Waals surface area contributed by atoms with Crippen molar-refractivity contribution < 1.29 is 5.11 Å². The fourth-order valence-electron chi connectivity index (χ4n) is 1.20. The minimum atomic E-state index is -0.167. The molecular weight excluding hydrogens is 232 g/mol. The van der Waals surface area contributed by atoms with Gasteiger partial charge in [-0.25, -0.2) is 0 Å². The number of aliphatic hydroxyl groups excluding tert-OH is 1. The first-order chi connectivity index (χ1) is 8.93. The molecule has 19 heavy (non-hydrogen) atoms. The van der Waals surface area contributed by atoms with Gasteiger partial charge in [-0.2, -0.15) is 0 Å². The molecule has 0 aliphatic carbocycles. The average molecular weight is 258 g/mol. The van der Waals surface area contributed by atoms with Crippen LogP contribution in [0.2, 0.25) is 0 Å². The molecule has 0 saturated heterocycles. The predicted octanol–water partition coefficient (Wildman–Crippen LogP) is 4.69. The van der Waals surface area contributed by atoms with Crippen molar-refractivity contribution in [2.45, 2.75) is 40.7 Å². The molecule has 0 radical (unpaired) electrons. The summed E-state index contributed by atoms with van der Waals surface area (Å²) >= 11 is 0. The Kier molecular flexibility index (Phi) is 9.46. The van der Waals surface area contributed by atoms with Crippen LogP contribution in [0.15, 0.2) is 54.6 Å². The molecule has 1 heteroatoms. The van der Waals surface area contributed by atoms with E-state index < -0.39 is 0 Å². The van der Waals surface area contributed by atoms with Gasteiger partial charge in [-0.1, -0.05) is 60.2 Å². The minimum Gasteiger partial charge on any atom is -0.394 e. The summed E-state index contributed by atoms with van der Waals surface area (Å²) in [5.41, 5.74) is 4.06. The molecule has 2 aromatic carbocycles. The lowest BCUT2D eigenvalue weighted by Crippen LogP contribution is -1.85. The van der Waals surface area contributed by atoms with Crippen molar-refractivity contribution in [1.82, 2.24) is 0 Å². The molecular formula is C18H26O. The fourth-order valence-corrected chi connectivity index (χ4v) is 1.20. The maximum atomic E-state index is 8.06. The molecule has 0 atom stereocenters. The second-order valence-corrected chi connectivity index (χ2v) is 4.83. The number of aliphatic hydroxyl groups is 1. The van der Waals surface area contributed by atoms with Crippen LogP contribution < -0.4 is 0 Å². The second-order valence-electron chi connectivity index (χ2n) is 4.83. The maximum absolute atomic E-state index is 8.06. The lowest BCUT2D eigenvalue weighted by atomic mass is 10.1. The monoisotopic (exact) mass is 258 g/mol. The highest BCUT2D eigenvalue weighted by Crippen LogP contribution is 2.02. The summed E-state index contributed by atoms with van der Waals surface area (Å²) in [6.45, 7) is 9.77. The standard InChI is InChI=1S/C8H10.C7H8.C3H8O/c1-7-5-3-4-6-8(7)2;1-7-5-3-2-4-6-7;1-3(2)4/h3-6H,1-2H3;2-6H,1H3;3-4H,1-2H3. The van der Waals surface area contributed by atoms with E-state index in [1.807, 2.05) is 18.2 Å². The summed E-state index contributed by atoms with van der Waals surface area (Å²) in [6, 6.07) is 18.6. The first-order valence-corrected chi connectivity index (χ1v) is 6.65. The lowest BCUT2D eigenvalue weighted by molar-refractivity contribution is 0.216. The van der Waals surface area contributed by atoms with Gasteiger partial charge in [0, 0.05) is 6.10 Å². The molecule has 0 spiro atoms. The average Bonchev–Trinajstić information content (AvgIpc) is 2.34. The molecule has 104 valence electrons. The highest BCUT2D eigenvalue weighted by atomic mass is 16.3. The summed E-state index contributed by atoms with van der Waals surface area (Å²) in [5.74, 6) is 0. The van der Waals surface area contributed by atoms with Crippen LogP contribution in [0.25, 0.3) is 0 Å². The highest BCUT2D eigenvalue weighted by Gasteiger charge is 1.83. The van der Waals surface area contributed by atoms with Crippen molar-refractivity contribution in [1.29, 1.82) is 0 Å². The van der Waals surface area contributed by atoms with Crippen LogP contribution in [-0.4, -0.2) is 11.2 Å². The highest BCUT2D eigenvalue weighted by molar-refractivity contribution is 5.23. The van der Waals surface area contributed by atoms with Crippen LogP contribution in [0.4, 0.5) is 0 Å². The van der Waals surface area contributed by atoms with Crippen molar-refractivity contribution in [2.75, 3.05) is 0 Å². The molecule has 1 N–H and O–H groups in total. The zero-order valence-electron chi connectivity index (χ0n) is 12.7. The van der Waals surface area contributed by atoms with Crippen LogP contribution in [0.1, 0.15) is 30.5 Å². The molecule has 0 amide bonds. The van der Waals surface area contributed by atoms with E-state index >= 15 is 0 Å². The Bertz CT molecular complexity index is 409. The van der Waals surface area contributed by atoms with Gasteiger partial charge in [0.25, 0.3) is 0 Å². The minimum absolute atomic E-state index is 0.167. The summed E-state index contributed by atoms with van der Waals surface area (Å²) in [7, 11) is 0. The van der Waals surface area contributed by atoms with Gasteiger partial charge in [-0.3, -0.25) is 0 Å². The fraction of sp³-hybridized carbons (Fsp3) is 0.333. The van der Waals surface area contributed by atoms with Crippen LogP contribution in [0.5, 0.6) is 0 Å². The zero-order valence-corrected chi connectivity index (χ0v) is 12.7. The zero-order chi connectivity index (χ0) is 14.7. The van der Waals surface area contributed by atoms with Gasteiger partial charge in [-0.05, 0) is 45.7 Å². The summed E-state index contributed by atoms with van der Waals surface area (Å²) < 4.78 is 0. The van der Waals surface area contributed by atoms with Crippen molar-refractivity contribution in [3.05, 3.63) is 71.3 Å². The van der Waals surface area contributed by atoms with E-state index in [9.17, 15) is 0 Å². The summed E-state index contributed by atoms with van der Waals surface area (Å²) in [6.07, 6.45) is -0.167. The summed E-state index contributed by atoms with van der Waals surface area (Å²) in [4.78, 5) is 0. The van der Waals surface area contributed by atoms with E-state index in [0.29, 0.717) is 0 Å². The molecule has 1 nitrogen and oxygen atoms in total. The lowest BCUT2D eigenvalue weighted by Gasteiger charge is -1.93. The smallest absolute Gasteiger partial charge is 0.0483 e. The normalized spacial score (nSPS) is 9.00. The molecule has 0 heterocycles. The Balaban J connectivity index is 0.000000272. The van der Waals surface area contributed by atoms with Crippen LogP contribution in [-0.2, 0) is 0 Å². The van der Waals surface area contributed by atoms with Gasteiger partial charge in [0.15, 0.2) is 0 Å². The molecule has 2 aromatic rings. The van der Waals surface area contributed by atoms with Crippen molar-refractivity contribution in [3.8, 4) is 0 Å². The van der Waals surface area contributed by atoms with E-state index in [4.69, 9.17) is 5.11 Å². The number of hydrogen-bond donors (Lipinski definition) is 1. The Morgan fingerprint density at radius 3 is 1.21 bits per heavy atom. The Labute approximate surface area is 117 Å². The molecule has 2 rings (SSSR count). The van der Waals surface area contributed by atoms with Gasteiger partial charge >= 0.3 is 0 Å². The molecule has 0 fully saturated rings. The quantitative estimate of drug-likeness (QED) is 0.727. The van der Waals surface area contributed by atoms with Gasteiger partial charge < -0.3 is 5.11 Å². The topological polar surface area (TPSA) is 20.2 Å². The number of benzene rings is 2. The molecule has 0 bridgehead atoms. The Morgan fingerprint density at radius 1 is 0.684 bits per heavy atom. The Hall–Kier alpha value is -1.60. The van der Waals surface area contributed by atoms with Gasteiger partial charge in [0.1, 0.15) is 0 Å². The molecule has 0 unspecified atom stereocenters. The van der Waals surface area contributed by atoms with Crippen LogP contribution >= 0.6 is 0 Å². The van der Waals surface area contributed by atoms with E-state index in [1.54, 1.807) is 13.8 Å². The third-order valence-corrected chi connectivity index (χ3v) is 2.37. The maximum Gasteiger partial charge on any atom is 0.0483 e. The van der Waals surface area contributed by atoms with Crippen LogP contribution in [0.3, 0.4) is 0 Å². The first-order valence-electron chi connectivity index (χ1n) is 6.65. The number of rotatable bonds is 0. The van der Waals surface area contributed by atoms with E-state index in [1.165, 1.54) is 16.7 Å². The first kappa shape index (κ1) is 17.4. The molecule has 0 aliphatic rings. The van der Waals surface area contributed by atoms with Crippen molar-refractivity contribution >= 4 is 0 Å². The molecule has 0 saturated carbocycles. The van der Waals surface area contributed by atoms with E-state index in [0.717, 1.165) is 0 Å².